The summed E-state index contributed by atoms with van der Waals surface area (Å²) >= 11 is 4.78. The van der Waals surface area contributed by atoms with Crippen LogP contribution in [-0.4, -0.2) is 44.6 Å². The zero-order chi connectivity index (χ0) is 29.0. The molecule has 3 aromatic rings. The van der Waals surface area contributed by atoms with Gasteiger partial charge in [-0.15, -0.1) is 0 Å². The minimum absolute atomic E-state index is 0.175. The van der Waals surface area contributed by atoms with Crippen molar-refractivity contribution in [2.24, 2.45) is 4.99 Å². The molecule has 212 valence electrons. The molecule has 0 amide bonds. The first kappa shape index (κ1) is 29.4. The number of benzene rings is 2. The number of methoxy groups -OCH3 is 2. The van der Waals surface area contributed by atoms with Crippen LogP contribution in [0.4, 0.5) is 0 Å². The summed E-state index contributed by atoms with van der Waals surface area (Å²) < 4.78 is 30.7. The molecule has 2 aromatic carbocycles. The summed E-state index contributed by atoms with van der Waals surface area (Å²) in [5.41, 5.74) is 1.66. The third-order valence-electron chi connectivity index (χ3n) is 6.20. The second-order valence-corrected chi connectivity index (χ2v) is 10.5. The monoisotopic (exact) mass is 630 g/mol. The zero-order valence-corrected chi connectivity index (χ0v) is 25.6. The molecule has 1 aromatic heterocycles. The number of carbonyl (C=O) groups is 1. The maximum atomic E-state index is 14.1. The van der Waals surface area contributed by atoms with E-state index in [2.05, 4.69) is 20.9 Å². The van der Waals surface area contributed by atoms with E-state index >= 15 is 0 Å². The molecule has 0 spiro atoms. The first-order chi connectivity index (χ1) is 19.3. The highest BCUT2D eigenvalue weighted by Crippen LogP contribution is 2.38. The van der Waals surface area contributed by atoms with E-state index in [0.717, 1.165) is 4.47 Å². The first-order valence-corrected chi connectivity index (χ1v) is 14.4. The number of hydrogen-bond donors (Lipinski definition) is 0. The van der Waals surface area contributed by atoms with Gasteiger partial charge in [0.15, 0.2) is 4.80 Å². The fourth-order valence-corrected chi connectivity index (χ4v) is 6.00. The molecule has 2 heterocycles. The number of thiazole rings is 1. The molecule has 0 fully saturated rings. The number of ether oxygens (including phenoxy) is 5. The normalized spacial score (nSPS) is 14.9. The average molecular weight is 632 g/mol. The fraction of sp³-hybridized carbons (Fsp3) is 0.345. The third kappa shape index (κ3) is 5.66. The van der Waals surface area contributed by atoms with Gasteiger partial charge in [0, 0.05) is 17.2 Å². The Labute approximate surface area is 244 Å². The van der Waals surface area contributed by atoms with E-state index in [1.54, 1.807) is 51.3 Å². The standard InChI is InChI=1S/C29H31BrN2O7S/c1-7-37-22-15-23(38-8-2)20(30)12-17(22)13-24-27(33)32-26(19-14-18(35-5)10-11-21(19)36-6)25(28(34)39-9-3)16(4)31-29(32)40-24/h10-15,26H,7-9H2,1-6H3/b24-13-/t26-/m1/s1. The van der Waals surface area contributed by atoms with Gasteiger partial charge in [-0.3, -0.25) is 9.36 Å². The molecule has 11 heteroatoms. The Bertz CT molecular complexity index is 1640. The van der Waals surface area contributed by atoms with Crippen LogP contribution in [0.15, 0.2) is 55.9 Å². The summed E-state index contributed by atoms with van der Waals surface area (Å²) in [6.07, 6.45) is 1.76. The molecular formula is C29H31BrN2O7S. The second-order valence-electron chi connectivity index (χ2n) is 8.60. The smallest absolute Gasteiger partial charge is 0.338 e. The van der Waals surface area contributed by atoms with E-state index < -0.39 is 12.0 Å². The lowest BCUT2D eigenvalue weighted by Crippen LogP contribution is -2.40. The number of esters is 1. The molecule has 0 N–H and O–H groups in total. The van der Waals surface area contributed by atoms with Crippen molar-refractivity contribution in [3.05, 3.63) is 76.9 Å². The summed E-state index contributed by atoms with van der Waals surface area (Å²) in [6.45, 7) is 8.37. The number of aromatic nitrogens is 1. The van der Waals surface area contributed by atoms with Crippen LogP contribution in [0.5, 0.6) is 23.0 Å². The molecule has 1 aliphatic heterocycles. The Morgan fingerprint density at radius 1 is 1.02 bits per heavy atom. The highest BCUT2D eigenvalue weighted by molar-refractivity contribution is 9.10. The van der Waals surface area contributed by atoms with E-state index in [0.29, 0.717) is 62.4 Å². The molecule has 4 rings (SSSR count). The molecule has 0 unspecified atom stereocenters. The van der Waals surface area contributed by atoms with Crippen molar-refractivity contribution in [2.75, 3.05) is 34.0 Å². The van der Waals surface area contributed by atoms with Crippen molar-refractivity contribution in [1.82, 2.24) is 4.57 Å². The molecule has 0 saturated carbocycles. The van der Waals surface area contributed by atoms with Gasteiger partial charge in [0.2, 0.25) is 0 Å². The van der Waals surface area contributed by atoms with Crippen LogP contribution >= 0.6 is 27.3 Å². The van der Waals surface area contributed by atoms with Crippen LogP contribution < -0.4 is 33.8 Å². The first-order valence-electron chi connectivity index (χ1n) is 12.8. The maximum Gasteiger partial charge on any atom is 0.338 e. The highest BCUT2D eigenvalue weighted by Gasteiger charge is 2.35. The quantitative estimate of drug-likeness (QED) is 0.307. The van der Waals surface area contributed by atoms with Crippen LogP contribution in [0.25, 0.3) is 6.08 Å². The van der Waals surface area contributed by atoms with Crippen LogP contribution in [-0.2, 0) is 9.53 Å². The molecular weight excluding hydrogens is 600 g/mol. The summed E-state index contributed by atoms with van der Waals surface area (Å²) in [7, 11) is 3.09. The van der Waals surface area contributed by atoms with Crippen LogP contribution in [0.3, 0.4) is 0 Å². The Morgan fingerprint density at radius 3 is 2.40 bits per heavy atom. The van der Waals surface area contributed by atoms with Crippen LogP contribution in [0.1, 0.15) is 44.9 Å². The average Bonchev–Trinajstić information content (AvgIpc) is 3.24. The maximum absolute atomic E-state index is 14.1. The van der Waals surface area contributed by atoms with Gasteiger partial charge in [-0.2, -0.15) is 0 Å². The van der Waals surface area contributed by atoms with Crippen molar-refractivity contribution in [3.63, 3.8) is 0 Å². The molecule has 40 heavy (non-hydrogen) atoms. The van der Waals surface area contributed by atoms with E-state index in [1.807, 2.05) is 19.9 Å². The van der Waals surface area contributed by atoms with E-state index in [9.17, 15) is 9.59 Å². The second kappa shape index (κ2) is 12.7. The van der Waals surface area contributed by atoms with Gasteiger partial charge in [0.05, 0.1) is 54.3 Å². The molecule has 1 atom stereocenters. The Morgan fingerprint density at radius 2 is 1.75 bits per heavy atom. The van der Waals surface area contributed by atoms with Gasteiger partial charge in [-0.05, 0) is 74.0 Å². The van der Waals surface area contributed by atoms with Crippen molar-refractivity contribution in [2.45, 2.75) is 33.7 Å². The van der Waals surface area contributed by atoms with Crippen LogP contribution in [0.2, 0.25) is 0 Å². The Balaban J connectivity index is 2.00. The van der Waals surface area contributed by atoms with Gasteiger partial charge in [0.25, 0.3) is 5.56 Å². The number of halogens is 1. The number of hydrogen-bond acceptors (Lipinski definition) is 9. The van der Waals surface area contributed by atoms with Gasteiger partial charge >= 0.3 is 5.97 Å². The van der Waals surface area contributed by atoms with E-state index in [4.69, 9.17) is 23.7 Å². The SMILES string of the molecule is CCOC(=O)C1=C(C)N=c2s/c(=C\c3cc(Br)c(OCC)cc3OCC)c(=O)n2[C@@H]1c1cc(OC)ccc1OC. The summed E-state index contributed by atoms with van der Waals surface area (Å²) in [4.78, 5) is 32.4. The molecule has 0 saturated heterocycles. The Hall–Kier alpha value is -3.57. The number of rotatable bonds is 10. The number of carbonyl (C=O) groups excluding carboxylic acids is 1. The Kier molecular flexibility index (Phi) is 9.36. The molecule has 0 aliphatic carbocycles. The number of allylic oxidation sites excluding steroid dienone is 1. The molecule has 0 radical (unpaired) electrons. The zero-order valence-electron chi connectivity index (χ0n) is 23.2. The largest absolute Gasteiger partial charge is 0.497 e. The van der Waals surface area contributed by atoms with Crippen molar-refractivity contribution >= 4 is 39.3 Å². The van der Waals surface area contributed by atoms with Gasteiger partial charge in [-0.1, -0.05) is 11.3 Å². The fourth-order valence-electron chi connectivity index (χ4n) is 4.49. The predicted octanol–water partition coefficient (Wildman–Crippen LogP) is 4.38. The lowest BCUT2D eigenvalue weighted by molar-refractivity contribution is -0.139. The number of nitrogens with zero attached hydrogens (tertiary/aromatic N) is 2. The number of fused-ring (bicyclic) bond motifs is 1. The molecule has 9 nitrogen and oxygen atoms in total. The lowest BCUT2D eigenvalue weighted by Gasteiger charge is -2.26. The minimum Gasteiger partial charge on any atom is -0.497 e. The summed E-state index contributed by atoms with van der Waals surface area (Å²) in [5, 5.41) is 0. The van der Waals surface area contributed by atoms with Crippen molar-refractivity contribution in [1.29, 1.82) is 0 Å². The van der Waals surface area contributed by atoms with Gasteiger partial charge in [-0.25, -0.2) is 9.79 Å². The summed E-state index contributed by atoms with van der Waals surface area (Å²) in [5.74, 6) is 1.71. The predicted molar refractivity (Wildman–Crippen MR) is 156 cm³/mol. The third-order valence-corrected chi connectivity index (χ3v) is 7.80. The topological polar surface area (TPSA) is 97.6 Å². The van der Waals surface area contributed by atoms with E-state index in [1.165, 1.54) is 23.0 Å². The van der Waals surface area contributed by atoms with E-state index in [-0.39, 0.29) is 17.7 Å². The van der Waals surface area contributed by atoms with Crippen molar-refractivity contribution in [3.8, 4) is 23.0 Å². The lowest BCUT2D eigenvalue weighted by atomic mass is 9.94. The van der Waals surface area contributed by atoms with Gasteiger partial charge in [0.1, 0.15) is 29.0 Å². The van der Waals surface area contributed by atoms with Crippen LogP contribution in [0, 0.1) is 0 Å². The highest BCUT2D eigenvalue weighted by atomic mass is 79.9. The van der Waals surface area contributed by atoms with Crippen molar-refractivity contribution < 1.29 is 28.5 Å². The molecule has 1 aliphatic rings. The summed E-state index contributed by atoms with van der Waals surface area (Å²) in [6, 6.07) is 8.06. The van der Waals surface area contributed by atoms with Gasteiger partial charge < -0.3 is 23.7 Å². The molecule has 0 bridgehead atoms. The minimum atomic E-state index is -0.846.